The van der Waals surface area contributed by atoms with Gasteiger partial charge in [-0.2, -0.15) is 5.26 Å². The number of ether oxygens (including phenoxy) is 1. The summed E-state index contributed by atoms with van der Waals surface area (Å²) in [5.74, 6) is -3.91. The Morgan fingerprint density at radius 2 is 2.21 bits per heavy atom. The molecule has 0 unspecified atom stereocenters. The number of aromatic nitrogens is 1. The van der Waals surface area contributed by atoms with E-state index in [0.29, 0.717) is 29.8 Å². The lowest BCUT2D eigenvalue weighted by molar-refractivity contribution is -0.131. The third-order valence-corrected chi connectivity index (χ3v) is 4.48. The van der Waals surface area contributed by atoms with Gasteiger partial charge in [-0.3, -0.25) is 14.6 Å². The van der Waals surface area contributed by atoms with E-state index in [1.54, 1.807) is 24.3 Å². The van der Waals surface area contributed by atoms with Crippen molar-refractivity contribution in [3.05, 3.63) is 36.0 Å². The molecule has 10 heteroatoms. The molecule has 0 spiro atoms. The van der Waals surface area contributed by atoms with Crippen molar-refractivity contribution >= 4 is 22.7 Å². The Kier molecular flexibility index (Phi) is 5.89. The van der Waals surface area contributed by atoms with Crippen LogP contribution in [0, 0.1) is 11.3 Å². The first-order valence-electron chi connectivity index (χ1n) is 8.91. The SMILES string of the molecule is N#C[C@@H]1CC(F)(F)CN1C(=O)CNC(=O)c1ccnc2ccc(OCCN)cc12. The van der Waals surface area contributed by atoms with Crippen molar-refractivity contribution in [2.45, 2.75) is 18.4 Å². The van der Waals surface area contributed by atoms with Gasteiger partial charge in [0.1, 0.15) is 18.4 Å². The molecule has 2 aromatic rings. The lowest BCUT2D eigenvalue weighted by Crippen LogP contribution is -2.43. The number of rotatable bonds is 6. The van der Waals surface area contributed by atoms with Crippen molar-refractivity contribution in [1.82, 2.24) is 15.2 Å². The number of nitriles is 1. The van der Waals surface area contributed by atoms with Crippen LogP contribution in [0.25, 0.3) is 10.9 Å². The second kappa shape index (κ2) is 8.36. The summed E-state index contributed by atoms with van der Waals surface area (Å²) in [5, 5.41) is 11.9. The average molecular weight is 403 g/mol. The van der Waals surface area contributed by atoms with Gasteiger partial charge in [-0.25, -0.2) is 8.78 Å². The highest BCUT2D eigenvalue weighted by Crippen LogP contribution is 2.31. The zero-order chi connectivity index (χ0) is 21.0. The first kappa shape index (κ1) is 20.4. The molecule has 1 atom stereocenters. The average Bonchev–Trinajstić information content (AvgIpc) is 3.04. The van der Waals surface area contributed by atoms with Crippen LogP contribution in [0.1, 0.15) is 16.8 Å². The number of alkyl halides is 2. The molecule has 1 saturated heterocycles. The second-order valence-electron chi connectivity index (χ2n) is 6.58. The number of carbonyl (C=O) groups excluding carboxylic acids is 2. The highest BCUT2D eigenvalue weighted by atomic mass is 19.3. The standard InChI is InChI=1S/C19H19F2N5O3/c20-19(21)8-12(9-23)26(11-19)17(27)10-25-18(28)14-3-5-24-16-2-1-13(7-15(14)16)29-6-4-22/h1-3,5,7,12H,4,6,8,10-11,22H2,(H,25,28)/t12-/m0/s1. The van der Waals surface area contributed by atoms with Crippen LogP contribution in [0.2, 0.25) is 0 Å². The molecule has 1 aromatic heterocycles. The number of nitrogens with two attached hydrogens (primary N) is 1. The molecule has 1 fully saturated rings. The molecular formula is C19H19F2N5O3. The zero-order valence-electron chi connectivity index (χ0n) is 15.4. The number of nitrogens with one attached hydrogen (secondary N) is 1. The number of halogens is 2. The fourth-order valence-electron chi connectivity index (χ4n) is 3.14. The normalized spacial score (nSPS) is 17.7. The van der Waals surface area contributed by atoms with Crippen LogP contribution in [0.4, 0.5) is 8.78 Å². The van der Waals surface area contributed by atoms with E-state index in [0.717, 1.165) is 4.90 Å². The Morgan fingerprint density at radius 3 is 2.93 bits per heavy atom. The van der Waals surface area contributed by atoms with Gasteiger partial charge < -0.3 is 20.7 Å². The van der Waals surface area contributed by atoms with Gasteiger partial charge in [0.05, 0.1) is 30.2 Å². The fraction of sp³-hybridized carbons (Fsp3) is 0.368. The summed E-state index contributed by atoms with van der Waals surface area (Å²) in [6, 6.07) is 7.00. The summed E-state index contributed by atoms with van der Waals surface area (Å²) < 4.78 is 32.5. The van der Waals surface area contributed by atoms with Crippen LogP contribution >= 0.6 is 0 Å². The van der Waals surface area contributed by atoms with E-state index in [-0.39, 0.29) is 5.56 Å². The van der Waals surface area contributed by atoms with Crippen molar-refractivity contribution in [2.24, 2.45) is 5.73 Å². The lowest BCUT2D eigenvalue weighted by atomic mass is 10.1. The summed E-state index contributed by atoms with van der Waals surface area (Å²) >= 11 is 0. The third kappa shape index (κ3) is 4.57. The van der Waals surface area contributed by atoms with E-state index in [2.05, 4.69) is 10.3 Å². The summed E-state index contributed by atoms with van der Waals surface area (Å²) in [7, 11) is 0. The van der Waals surface area contributed by atoms with Crippen molar-refractivity contribution in [3.8, 4) is 11.8 Å². The zero-order valence-corrected chi connectivity index (χ0v) is 15.4. The Hall–Kier alpha value is -3.32. The molecule has 0 aliphatic carbocycles. The molecule has 2 amide bonds. The summed E-state index contributed by atoms with van der Waals surface area (Å²) in [6.45, 7) is -0.692. The van der Waals surface area contributed by atoms with Gasteiger partial charge in [0, 0.05) is 24.5 Å². The van der Waals surface area contributed by atoms with Crippen molar-refractivity contribution < 1.29 is 23.1 Å². The topological polar surface area (TPSA) is 121 Å². The molecule has 152 valence electrons. The molecule has 0 bridgehead atoms. The number of nitrogens with zero attached hydrogens (tertiary/aromatic N) is 3. The van der Waals surface area contributed by atoms with Crippen molar-refractivity contribution in [3.63, 3.8) is 0 Å². The fourth-order valence-corrected chi connectivity index (χ4v) is 3.14. The van der Waals surface area contributed by atoms with Gasteiger partial charge >= 0.3 is 0 Å². The first-order valence-corrected chi connectivity index (χ1v) is 8.91. The number of hydrogen-bond acceptors (Lipinski definition) is 6. The smallest absolute Gasteiger partial charge is 0.268 e. The third-order valence-electron chi connectivity index (χ3n) is 4.48. The monoisotopic (exact) mass is 403 g/mol. The number of benzene rings is 1. The number of likely N-dealkylation sites (tertiary alicyclic amines) is 1. The lowest BCUT2D eigenvalue weighted by Gasteiger charge is -2.19. The molecule has 0 saturated carbocycles. The number of carbonyl (C=O) groups is 2. The van der Waals surface area contributed by atoms with Gasteiger partial charge in [0.25, 0.3) is 11.8 Å². The Bertz CT molecular complexity index is 976. The molecule has 1 aliphatic rings. The Balaban J connectivity index is 1.73. The Morgan fingerprint density at radius 1 is 1.41 bits per heavy atom. The highest BCUT2D eigenvalue weighted by molar-refractivity contribution is 6.07. The minimum atomic E-state index is -3.11. The predicted molar refractivity (Wildman–Crippen MR) is 99.3 cm³/mol. The summed E-state index contributed by atoms with van der Waals surface area (Å²) in [4.78, 5) is 29.8. The maximum atomic E-state index is 13.5. The first-order chi connectivity index (χ1) is 13.8. The number of hydrogen-bond donors (Lipinski definition) is 2. The Labute approximate surface area is 165 Å². The van der Waals surface area contributed by atoms with Gasteiger partial charge in [-0.15, -0.1) is 0 Å². The number of pyridine rings is 1. The van der Waals surface area contributed by atoms with Crippen LogP contribution < -0.4 is 15.8 Å². The summed E-state index contributed by atoms with van der Waals surface area (Å²) in [5.41, 5.74) is 6.22. The van der Waals surface area contributed by atoms with Gasteiger partial charge in [0.2, 0.25) is 5.91 Å². The van der Waals surface area contributed by atoms with Gasteiger partial charge in [0.15, 0.2) is 0 Å². The highest BCUT2D eigenvalue weighted by Gasteiger charge is 2.47. The molecule has 1 aliphatic heterocycles. The minimum Gasteiger partial charge on any atom is -0.492 e. The maximum absolute atomic E-state index is 13.5. The van der Waals surface area contributed by atoms with E-state index in [1.165, 1.54) is 12.3 Å². The van der Waals surface area contributed by atoms with E-state index in [4.69, 9.17) is 15.7 Å². The van der Waals surface area contributed by atoms with Crippen LogP contribution in [-0.4, -0.2) is 59.9 Å². The van der Waals surface area contributed by atoms with Crippen molar-refractivity contribution in [2.75, 3.05) is 26.2 Å². The largest absolute Gasteiger partial charge is 0.492 e. The van der Waals surface area contributed by atoms with Crippen LogP contribution in [-0.2, 0) is 4.79 Å². The molecule has 3 N–H and O–H groups in total. The number of fused-ring (bicyclic) bond motifs is 1. The van der Waals surface area contributed by atoms with Crippen LogP contribution in [0.5, 0.6) is 5.75 Å². The predicted octanol–water partition coefficient (Wildman–Crippen LogP) is 1.06. The number of amides is 2. The summed E-state index contributed by atoms with van der Waals surface area (Å²) in [6.07, 6.45) is 0.746. The molecule has 1 aromatic carbocycles. The molecule has 0 radical (unpaired) electrons. The second-order valence-corrected chi connectivity index (χ2v) is 6.58. The quantitative estimate of drug-likeness (QED) is 0.744. The van der Waals surface area contributed by atoms with Gasteiger partial charge in [-0.05, 0) is 24.3 Å². The van der Waals surface area contributed by atoms with E-state index in [9.17, 15) is 18.4 Å². The molecule has 29 heavy (non-hydrogen) atoms. The maximum Gasteiger partial charge on any atom is 0.268 e. The van der Waals surface area contributed by atoms with Crippen molar-refractivity contribution in [1.29, 1.82) is 5.26 Å². The van der Waals surface area contributed by atoms with E-state index >= 15 is 0 Å². The van der Waals surface area contributed by atoms with Gasteiger partial charge in [-0.1, -0.05) is 0 Å². The molecular weight excluding hydrogens is 384 g/mol. The molecule has 3 rings (SSSR count). The minimum absolute atomic E-state index is 0.254. The van der Waals surface area contributed by atoms with Crippen LogP contribution in [0.3, 0.4) is 0 Å². The van der Waals surface area contributed by atoms with Crippen LogP contribution in [0.15, 0.2) is 30.5 Å². The molecule has 2 heterocycles. The van der Waals surface area contributed by atoms with E-state index in [1.807, 2.05) is 0 Å². The molecule has 8 nitrogen and oxygen atoms in total. The van der Waals surface area contributed by atoms with E-state index < -0.39 is 43.3 Å².